The summed E-state index contributed by atoms with van der Waals surface area (Å²) in [5.41, 5.74) is 2.28. The van der Waals surface area contributed by atoms with E-state index in [2.05, 4.69) is 50.9 Å². The fraction of sp³-hybridized carbons (Fsp3) is 0.364. The molecule has 4 rings (SSSR count). The minimum atomic E-state index is 0.574. The summed E-state index contributed by atoms with van der Waals surface area (Å²) in [6.45, 7) is 5.71. The molecule has 0 radical (unpaired) electrons. The summed E-state index contributed by atoms with van der Waals surface area (Å²) in [6.07, 6.45) is 0. The third kappa shape index (κ3) is 4.88. The number of benzene rings is 2. The number of hydrogen-bond donors (Lipinski definition) is 0. The van der Waals surface area contributed by atoms with Crippen molar-refractivity contribution in [2.45, 2.75) is 12.1 Å². The van der Waals surface area contributed by atoms with Crippen molar-refractivity contribution in [2.75, 3.05) is 50.7 Å². The Hall–Kier alpha value is -2.71. The molecule has 0 atom stereocenters. The topological polar surface area (TPSA) is 61.6 Å². The van der Waals surface area contributed by atoms with Gasteiger partial charge in [-0.3, -0.25) is 4.57 Å². The standard InChI is InChI=1S/C22H26N4O3S/c1-17-3-5-18(6-4-17)26-21(25-11-13-28-14-12-25)23-24-22(26)30-16-15-29-20-9-7-19(27-2)8-10-20/h3-10H,11-16H2,1-2H3. The normalized spacial score (nSPS) is 14.0. The Labute approximate surface area is 181 Å². The molecule has 0 N–H and O–H groups in total. The predicted octanol–water partition coefficient (Wildman–Crippen LogP) is 3.59. The van der Waals surface area contributed by atoms with Crippen LogP contribution < -0.4 is 14.4 Å². The maximum Gasteiger partial charge on any atom is 0.232 e. The van der Waals surface area contributed by atoms with E-state index in [0.717, 1.165) is 47.1 Å². The van der Waals surface area contributed by atoms with Gasteiger partial charge in [0.25, 0.3) is 0 Å². The van der Waals surface area contributed by atoms with Crippen LogP contribution in [0.25, 0.3) is 5.69 Å². The summed E-state index contributed by atoms with van der Waals surface area (Å²) >= 11 is 1.64. The first-order chi connectivity index (χ1) is 14.7. The predicted molar refractivity (Wildman–Crippen MR) is 118 cm³/mol. The molecule has 1 aliphatic rings. The molecule has 1 fully saturated rings. The fourth-order valence-corrected chi connectivity index (χ4v) is 3.97. The smallest absolute Gasteiger partial charge is 0.232 e. The van der Waals surface area contributed by atoms with Crippen LogP contribution in [0, 0.1) is 6.92 Å². The van der Waals surface area contributed by atoms with Gasteiger partial charge in [-0.15, -0.1) is 10.2 Å². The average molecular weight is 427 g/mol. The molecular weight excluding hydrogens is 400 g/mol. The van der Waals surface area contributed by atoms with E-state index in [0.29, 0.717) is 19.8 Å². The molecule has 1 aliphatic heterocycles. The van der Waals surface area contributed by atoms with E-state index in [4.69, 9.17) is 14.2 Å². The Morgan fingerprint density at radius 2 is 1.67 bits per heavy atom. The van der Waals surface area contributed by atoms with Crippen molar-refractivity contribution in [3.8, 4) is 17.2 Å². The number of aryl methyl sites for hydroxylation is 1. The van der Waals surface area contributed by atoms with Crippen LogP contribution in [0.4, 0.5) is 5.95 Å². The Morgan fingerprint density at radius 1 is 0.967 bits per heavy atom. The van der Waals surface area contributed by atoms with Crippen LogP contribution in [-0.4, -0.2) is 60.5 Å². The lowest BCUT2D eigenvalue weighted by molar-refractivity contribution is 0.122. The molecule has 0 amide bonds. The molecule has 158 valence electrons. The highest BCUT2D eigenvalue weighted by Gasteiger charge is 2.21. The molecule has 0 aliphatic carbocycles. The van der Waals surface area contributed by atoms with E-state index in [1.165, 1.54) is 5.56 Å². The van der Waals surface area contributed by atoms with E-state index >= 15 is 0 Å². The van der Waals surface area contributed by atoms with Crippen LogP contribution >= 0.6 is 11.8 Å². The monoisotopic (exact) mass is 426 g/mol. The van der Waals surface area contributed by atoms with Gasteiger partial charge < -0.3 is 19.1 Å². The number of rotatable bonds is 8. The van der Waals surface area contributed by atoms with E-state index in [-0.39, 0.29) is 0 Å². The van der Waals surface area contributed by atoms with Gasteiger partial charge in [0.2, 0.25) is 5.95 Å². The largest absolute Gasteiger partial charge is 0.497 e. The van der Waals surface area contributed by atoms with Gasteiger partial charge in [0, 0.05) is 18.8 Å². The third-order valence-corrected chi connectivity index (χ3v) is 5.74. The van der Waals surface area contributed by atoms with Crippen LogP contribution in [0.2, 0.25) is 0 Å². The van der Waals surface area contributed by atoms with Gasteiger partial charge in [-0.05, 0) is 43.3 Å². The summed E-state index contributed by atoms with van der Waals surface area (Å²) in [7, 11) is 1.65. The maximum absolute atomic E-state index is 5.85. The van der Waals surface area contributed by atoms with E-state index in [1.807, 2.05) is 24.3 Å². The molecule has 3 aromatic rings. The summed E-state index contributed by atoms with van der Waals surface area (Å²) in [4.78, 5) is 2.23. The number of nitrogens with zero attached hydrogens (tertiary/aromatic N) is 4. The first-order valence-corrected chi connectivity index (χ1v) is 11.0. The molecule has 2 heterocycles. The van der Waals surface area contributed by atoms with Gasteiger partial charge in [-0.25, -0.2) is 0 Å². The fourth-order valence-electron chi connectivity index (χ4n) is 3.21. The van der Waals surface area contributed by atoms with Crippen molar-refractivity contribution >= 4 is 17.7 Å². The quantitative estimate of drug-likeness (QED) is 0.403. The van der Waals surface area contributed by atoms with Gasteiger partial charge in [0.15, 0.2) is 5.16 Å². The molecule has 7 nitrogen and oxygen atoms in total. The Balaban J connectivity index is 1.46. The lowest BCUT2D eigenvalue weighted by Crippen LogP contribution is -2.37. The number of thioether (sulfide) groups is 1. The molecule has 8 heteroatoms. The number of hydrogen-bond acceptors (Lipinski definition) is 7. The summed E-state index contributed by atoms with van der Waals surface area (Å²) in [5.74, 6) is 3.27. The van der Waals surface area contributed by atoms with Crippen LogP contribution in [0.15, 0.2) is 53.7 Å². The van der Waals surface area contributed by atoms with Gasteiger partial charge in [-0.1, -0.05) is 29.5 Å². The van der Waals surface area contributed by atoms with Crippen LogP contribution in [-0.2, 0) is 4.74 Å². The minimum Gasteiger partial charge on any atom is -0.497 e. The zero-order chi connectivity index (χ0) is 20.8. The lowest BCUT2D eigenvalue weighted by Gasteiger charge is -2.28. The second kappa shape index (κ2) is 9.86. The summed E-state index contributed by atoms with van der Waals surface area (Å²) in [5, 5.41) is 9.84. The van der Waals surface area contributed by atoms with Crippen molar-refractivity contribution in [3.05, 3.63) is 54.1 Å². The highest BCUT2D eigenvalue weighted by atomic mass is 32.2. The number of methoxy groups -OCH3 is 1. The van der Waals surface area contributed by atoms with Crippen molar-refractivity contribution in [2.24, 2.45) is 0 Å². The zero-order valence-electron chi connectivity index (χ0n) is 17.3. The van der Waals surface area contributed by atoms with E-state index in [1.54, 1.807) is 18.9 Å². The summed E-state index contributed by atoms with van der Waals surface area (Å²) in [6, 6.07) is 16.1. The van der Waals surface area contributed by atoms with E-state index < -0.39 is 0 Å². The second-order valence-corrected chi connectivity index (χ2v) is 7.99. The molecule has 0 unspecified atom stereocenters. The molecular formula is C22H26N4O3S. The van der Waals surface area contributed by atoms with Crippen LogP contribution in [0.5, 0.6) is 11.5 Å². The maximum atomic E-state index is 5.85. The average Bonchev–Trinajstić information content (AvgIpc) is 3.22. The molecule has 30 heavy (non-hydrogen) atoms. The molecule has 0 spiro atoms. The Bertz CT molecular complexity index is 938. The number of aromatic nitrogens is 3. The van der Waals surface area contributed by atoms with Crippen LogP contribution in [0.1, 0.15) is 5.56 Å². The molecule has 0 bridgehead atoms. The number of anilines is 1. The minimum absolute atomic E-state index is 0.574. The Kier molecular flexibility index (Phi) is 6.76. The number of morpholine rings is 1. The molecule has 1 saturated heterocycles. The van der Waals surface area contributed by atoms with Crippen molar-refractivity contribution in [1.29, 1.82) is 0 Å². The lowest BCUT2D eigenvalue weighted by atomic mass is 10.2. The SMILES string of the molecule is COc1ccc(OCCSc2nnc(N3CCOCC3)n2-c2ccc(C)cc2)cc1. The molecule has 0 saturated carbocycles. The Morgan fingerprint density at radius 3 is 2.37 bits per heavy atom. The van der Waals surface area contributed by atoms with Gasteiger partial charge in [0.1, 0.15) is 11.5 Å². The van der Waals surface area contributed by atoms with E-state index in [9.17, 15) is 0 Å². The van der Waals surface area contributed by atoms with Crippen molar-refractivity contribution in [1.82, 2.24) is 14.8 Å². The van der Waals surface area contributed by atoms with Gasteiger partial charge in [-0.2, -0.15) is 0 Å². The third-order valence-electron chi connectivity index (χ3n) is 4.85. The first-order valence-electron chi connectivity index (χ1n) is 9.99. The van der Waals surface area contributed by atoms with Gasteiger partial charge in [0.05, 0.1) is 32.6 Å². The summed E-state index contributed by atoms with van der Waals surface area (Å²) < 4.78 is 18.7. The highest BCUT2D eigenvalue weighted by Crippen LogP contribution is 2.27. The molecule has 1 aromatic heterocycles. The van der Waals surface area contributed by atoms with Crippen molar-refractivity contribution < 1.29 is 14.2 Å². The van der Waals surface area contributed by atoms with Crippen LogP contribution in [0.3, 0.4) is 0 Å². The molecule has 2 aromatic carbocycles. The van der Waals surface area contributed by atoms with Crippen molar-refractivity contribution in [3.63, 3.8) is 0 Å². The zero-order valence-corrected chi connectivity index (χ0v) is 18.1. The van der Waals surface area contributed by atoms with Gasteiger partial charge >= 0.3 is 0 Å². The highest BCUT2D eigenvalue weighted by molar-refractivity contribution is 7.99. The number of ether oxygens (including phenoxy) is 3. The second-order valence-electron chi connectivity index (χ2n) is 6.93. The first kappa shape index (κ1) is 20.6.